The zero-order valence-electron chi connectivity index (χ0n) is 14.6. The van der Waals surface area contributed by atoms with E-state index in [1.807, 2.05) is 36.4 Å². The summed E-state index contributed by atoms with van der Waals surface area (Å²) in [6, 6.07) is 26.7. The van der Waals surface area contributed by atoms with Crippen LogP contribution in [0.2, 0.25) is 0 Å². The third-order valence-corrected chi connectivity index (χ3v) is 4.44. The highest BCUT2D eigenvalue weighted by atomic mass is 19.1. The minimum Gasteiger partial charge on any atom is -0.356 e. The zero-order valence-corrected chi connectivity index (χ0v) is 14.6. The molecule has 0 fully saturated rings. The minimum absolute atomic E-state index is 0.0449. The van der Waals surface area contributed by atoms with Crippen molar-refractivity contribution in [3.8, 4) is 0 Å². The Bertz CT molecular complexity index is 776. The van der Waals surface area contributed by atoms with Crippen LogP contribution in [0.15, 0.2) is 84.9 Å². The molecule has 0 bridgehead atoms. The Morgan fingerprint density at radius 1 is 0.808 bits per heavy atom. The standard InChI is InChI=1S/C23H22FNO/c24-21-13-11-18(12-14-21)17-23(26)25-16-15-22(19-7-3-1-4-8-19)20-9-5-2-6-10-20/h1-14,22H,15-17H2,(H,25,26). The van der Waals surface area contributed by atoms with Crippen molar-refractivity contribution in [2.45, 2.75) is 18.8 Å². The van der Waals surface area contributed by atoms with Gasteiger partial charge >= 0.3 is 0 Å². The van der Waals surface area contributed by atoms with E-state index < -0.39 is 0 Å². The molecule has 0 spiro atoms. The average Bonchev–Trinajstić information content (AvgIpc) is 2.68. The summed E-state index contributed by atoms with van der Waals surface area (Å²) in [7, 11) is 0. The van der Waals surface area contributed by atoms with Crippen molar-refractivity contribution >= 4 is 5.91 Å². The summed E-state index contributed by atoms with van der Waals surface area (Å²) in [5.74, 6) is -0.0947. The van der Waals surface area contributed by atoms with E-state index in [0.717, 1.165) is 12.0 Å². The molecule has 3 aromatic rings. The van der Waals surface area contributed by atoms with Gasteiger partial charge in [0.15, 0.2) is 0 Å². The highest BCUT2D eigenvalue weighted by molar-refractivity contribution is 5.78. The van der Waals surface area contributed by atoms with Gasteiger partial charge < -0.3 is 5.32 Å². The van der Waals surface area contributed by atoms with E-state index in [-0.39, 0.29) is 24.1 Å². The lowest BCUT2D eigenvalue weighted by molar-refractivity contribution is -0.120. The molecule has 0 heterocycles. The summed E-state index contributed by atoms with van der Waals surface area (Å²) >= 11 is 0. The number of hydrogen-bond donors (Lipinski definition) is 1. The van der Waals surface area contributed by atoms with Gasteiger partial charge in [0.25, 0.3) is 0 Å². The molecule has 1 N–H and O–H groups in total. The topological polar surface area (TPSA) is 29.1 Å². The van der Waals surface area contributed by atoms with Crippen LogP contribution in [-0.2, 0) is 11.2 Å². The first kappa shape index (κ1) is 17.9. The smallest absolute Gasteiger partial charge is 0.224 e. The van der Waals surface area contributed by atoms with Gasteiger partial charge in [-0.25, -0.2) is 4.39 Å². The molecule has 0 unspecified atom stereocenters. The normalized spacial score (nSPS) is 10.7. The third-order valence-electron chi connectivity index (χ3n) is 4.44. The lowest BCUT2D eigenvalue weighted by Gasteiger charge is -2.18. The Morgan fingerprint density at radius 2 is 1.35 bits per heavy atom. The number of nitrogens with one attached hydrogen (secondary N) is 1. The van der Waals surface area contributed by atoms with Crippen LogP contribution in [0.5, 0.6) is 0 Å². The highest BCUT2D eigenvalue weighted by Gasteiger charge is 2.14. The SMILES string of the molecule is O=C(Cc1ccc(F)cc1)NCCC(c1ccccc1)c1ccccc1. The monoisotopic (exact) mass is 347 g/mol. The summed E-state index contributed by atoms with van der Waals surface area (Å²) in [5.41, 5.74) is 3.30. The van der Waals surface area contributed by atoms with E-state index in [1.54, 1.807) is 12.1 Å². The molecule has 132 valence electrons. The molecule has 3 aromatic carbocycles. The molecule has 0 atom stereocenters. The van der Waals surface area contributed by atoms with Crippen LogP contribution in [0.4, 0.5) is 4.39 Å². The van der Waals surface area contributed by atoms with Crippen molar-refractivity contribution in [2.24, 2.45) is 0 Å². The molecule has 26 heavy (non-hydrogen) atoms. The molecule has 0 aromatic heterocycles. The number of halogens is 1. The molecule has 0 aliphatic rings. The maximum atomic E-state index is 12.9. The first-order valence-electron chi connectivity index (χ1n) is 8.83. The van der Waals surface area contributed by atoms with Crippen LogP contribution in [0, 0.1) is 5.82 Å². The van der Waals surface area contributed by atoms with Gasteiger partial charge in [-0.15, -0.1) is 0 Å². The molecule has 3 rings (SSSR count). The third kappa shape index (κ3) is 5.03. The van der Waals surface area contributed by atoms with Crippen molar-refractivity contribution in [1.82, 2.24) is 5.32 Å². The first-order chi connectivity index (χ1) is 12.7. The van der Waals surface area contributed by atoms with Crippen LogP contribution >= 0.6 is 0 Å². The van der Waals surface area contributed by atoms with E-state index in [0.29, 0.717) is 6.54 Å². The lowest BCUT2D eigenvalue weighted by Crippen LogP contribution is -2.27. The molecule has 2 nitrogen and oxygen atoms in total. The number of hydrogen-bond acceptors (Lipinski definition) is 1. The lowest BCUT2D eigenvalue weighted by atomic mass is 9.88. The fourth-order valence-electron chi connectivity index (χ4n) is 3.10. The molecular weight excluding hydrogens is 325 g/mol. The number of amides is 1. The van der Waals surface area contributed by atoms with Gasteiger partial charge in [-0.3, -0.25) is 4.79 Å². The van der Waals surface area contributed by atoms with E-state index in [9.17, 15) is 9.18 Å². The zero-order chi connectivity index (χ0) is 18.2. The fraction of sp³-hybridized carbons (Fsp3) is 0.174. The quantitative estimate of drug-likeness (QED) is 0.659. The molecule has 0 saturated carbocycles. The average molecular weight is 347 g/mol. The largest absolute Gasteiger partial charge is 0.356 e. The maximum absolute atomic E-state index is 12.9. The summed E-state index contributed by atoms with van der Waals surface area (Å²) in [6.07, 6.45) is 1.09. The second kappa shape index (κ2) is 8.95. The summed E-state index contributed by atoms with van der Waals surface area (Å²) < 4.78 is 12.9. The van der Waals surface area contributed by atoms with E-state index in [1.165, 1.54) is 23.3 Å². The van der Waals surface area contributed by atoms with Crippen LogP contribution in [0.1, 0.15) is 29.0 Å². The van der Waals surface area contributed by atoms with Crippen molar-refractivity contribution < 1.29 is 9.18 Å². The number of benzene rings is 3. The van der Waals surface area contributed by atoms with Crippen LogP contribution in [0.3, 0.4) is 0 Å². The van der Waals surface area contributed by atoms with Gasteiger partial charge in [0.2, 0.25) is 5.91 Å². The predicted octanol–water partition coefficient (Wildman–Crippen LogP) is 4.71. The minimum atomic E-state index is -0.289. The summed E-state index contributed by atoms with van der Waals surface area (Å²) in [4.78, 5) is 12.1. The van der Waals surface area contributed by atoms with Crippen LogP contribution in [-0.4, -0.2) is 12.5 Å². The molecule has 0 aliphatic carbocycles. The van der Waals surface area contributed by atoms with Gasteiger partial charge in [0.1, 0.15) is 5.82 Å². The van der Waals surface area contributed by atoms with Crippen molar-refractivity contribution in [3.63, 3.8) is 0 Å². The first-order valence-corrected chi connectivity index (χ1v) is 8.83. The molecule has 0 saturated heterocycles. The maximum Gasteiger partial charge on any atom is 0.224 e. The Balaban J connectivity index is 1.59. The van der Waals surface area contributed by atoms with E-state index in [4.69, 9.17) is 0 Å². The van der Waals surface area contributed by atoms with Crippen LogP contribution < -0.4 is 5.32 Å². The Labute approximate surface area is 153 Å². The van der Waals surface area contributed by atoms with Crippen molar-refractivity contribution in [3.05, 3.63) is 107 Å². The van der Waals surface area contributed by atoms with E-state index in [2.05, 4.69) is 29.6 Å². The number of carbonyl (C=O) groups excluding carboxylic acids is 1. The van der Waals surface area contributed by atoms with Crippen molar-refractivity contribution in [1.29, 1.82) is 0 Å². The Hall–Kier alpha value is -2.94. The number of rotatable bonds is 7. The Morgan fingerprint density at radius 3 is 1.88 bits per heavy atom. The summed E-state index contributed by atoms with van der Waals surface area (Å²) in [6.45, 7) is 0.592. The second-order valence-electron chi connectivity index (χ2n) is 6.32. The van der Waals surface area contributed by atoms with E-state index >= 15 is 0 Å². The van der Waals surface area contributed by atoms with Gasteiger partial charge in [-0.1, -0.05) is 72.8 Å². The second-order valence-corrected chi connectivity index (χ2v) is 6.32. The molecule has 1 amide bonds. The molecular formula is C23H22FNO. The van der Waals surface area contributed by atoms with Crippen molar-refractivity contribution in [2.75, 3.05) is 6.54 Å². The summed E-state index contributed by atoms with van der Waals surface area (Å²) in [5, 5.41) is 2.98. The number of carbonyl (C=O) groups is 1. The van der Waals surface area contributed by atoms with Crippen LogP contribution in [0.25, 0.3) is 0 Å². The molecule has 0 radical (unpaired) electrons. The molecule has 3 heteroatoms. The molecule has 0 aliphatic heterocycles. The van der Waals surface area contributed by atoms with Gasteiger partial charge in [0.05, 0.1) is 6.42 Å². The fourth-order valence-corrected chi connectivity index (χ4v) is 3.10. The highest BCUT2D eigenvalue weighted by Crippen LogP contribution is 2.27. The predicted molar refractivity (Wildman–Crippen MR) is 102 cm³/mol. The van der Waals surface area contributed by atoms with Gasteiger partial charge in [-0.2, -0.15) is 0 Å². The van der Waals surface area contributed by atoms with Gasteiger partial charge in [0, 0.05) is 12.5 Å². The Kier molecular flexibility index (Phi) is 6.15. The van der Waals surface area contributed by atoms with Gasteiger partial charge in [-0.05, 0) is 35.2 Å².